The molecule has 1 rings (SSSR count). The monoisotopic (exact) mass is 265 g/mol. The number of carbonyl (C=O) groups excluding carboxylic acids is 1. The van der Waals surface area contributed by atoms with Gasteiger partial charge < -0.3 is 10.4 Å². The van der Waals surface area contributed by atoms with Crippen LogP contribution in [-0.4, -0.2) is 23.7 Å². The van der Waals surface area contributed by atoms with Crippen molar-refractivity contribution in [2.24, 2.45) is 0 Å². The van der Waals surface area contributed by atoms with Gasteiger partial charge in [0.2, 0.25) is 0 Å². The van der Waals surface area contributed by atoms with Gasteiger partial charge in [-0.15, -0.1) is 0 Å². The zero-order valence-corrected chi connectivity index (χ0v) is 9.38. The van der Waals surface area contributed by atoms with Gasteiger partial charge in [-0.2, -0.15) is 13.2 Å². The lowest BCUT2D eigenvalue weighted by Gasteiger charge is -2.11. The summed E-state index contributed by atoms with van der Waals surface area (Å²) in [5.41, 5.74) is -1.81. The fraction of sp³-hybridized carbons (Fsp3) is 0.364. The van der Waals surface area contributed by atoms with Crippen LogP contribution in [-0.2, 0) is 6.18 Å². The van der Waals surface area contributed by atoms with Crippen LogP contribution in [0.5, 0.6) is 0 Å². The zero-order valence-electron chi connectivity index (χ0n) is 9.38. The highest BCUT2D eigenvalue weighted by Crippen LogP contribution is 2.30. The summed E-state index contributed by atoms with van der Waals surface area (Å²) in [6.45, 7) is 1.21. The molecular formula is C11H11F4NO2. The van der Waals surface area contributed by atoms with Gasteiger partial charge in [0.25, 0.3) is 5.91 Å². The van der Waals surface area contributed by atoms with Gasteiger partial charge in [-0.25, -0.2) is 4.39 Å². The summed E-state index contributed by atoms with van der Waals surface area (Å²) in [7, 11) is 0. The van der Waals surface area contributed by atoms with E-state index in [0.717, 1.165) is 0 Å². The van der Waals surface area contributed by atoms with Crippen molar-refractivity contribution < 1.29 is 27.5 Å². The number of hydrogen-bond acceptors (Lipinski definition) is 2. The lowest BCUT2D eigenvalue weighted by atomic mass is 10.1. The van der Waals surface area contributed by atoms with E-state index in [2.05, 4.69) is 5.32 Å². The standard InChI is InChI=1S/C11H11F4NO2/c1-6(17)5-16-10(18)8-4-7(11(13,14)15)2-3-9(8)12/h2-4,6,17H,5H2,1H3,(H,16,18)/t6-/m1/s1. The molecule has 7 heteroatoms. The second kappa shape index (κ2) is 5.34. The molecule has 3 nitrogen and oxygen atoms in total. The van der Waals surface area contributed by atoms with E-state index < -0.39 is 35.1 Å². The number of rotatable bonds is 3. The average molecular weight is 265 g/mol. The first-order valence-electron chi connectivity index (χ1n) is 5.05. The zero-order chi connectivity index (χ0) is 13.9. The largest absolute Gasteiger partial charge is 0.416 e. The van der Waals surface area contributed by atoms with Gasteiger partial charge in [-0.05, 0) is 25.1 Å². The van der Waals surface area contributed by atoms with E-state index in [0.29, 0.717) is 18.2 Å². The van der Waals surface area contributed by atoms with E-state index in [4.69, 9.17) is 5.11 Å². The Kier molecular flexibility index (Phi) is 4.28. The number of carbonyl (C=O) groups is 1. The van der Waals surface area contributed by atoms with Crippen LogP contribution >= 0.6 is 0 Å². The maximum absolute atomic E-state index is 13.2. The first kappa shape index (κ1) is 14.4. The highest BCUT2D eigenvalue weighted by Gasteiger charge is 2.31. The lowest BCUT2D eigenvalue weighted by molar-refractivity contribution is -0.137. The molecule has 1 aromatic rings. The highest BCUT2D eigenvalue weighted by atomic mass is 19.4. The minimum atomic E-state index is -4.65. The summed E-state index contributed by atoms with van der Waals surface area (Å²) in [5, 5.41) is 11.0. The van der Waals surface area contributed by atoms with Crippen LogP contribution in [0.15, 0.2) is 18.2 Å². The first-order chi connectivity index (χ1) is 8.21. The third kappa shape index (κ3) is 3.69. The topological polar surface area (TPSA) is 49.3 Å². The van der Waals surface area contributed by atoms with E-state index in [-0.39, 0.29) is 6.54 Å². The molecule has 0 aliphatic rings. The second-order valence-corrected chi connectivity index (χ2v) is 3.75. The van der Waals surface area contributed by atoms with Gasteiger partial charge in [0.15, 0.2) is 0 Å². The van der Waals surface area contributed by atoms with Crippen molar-refractivity contribution in [3.05, 3.63) is 35.1 Å². The Hall–Kier alpha value is -1.63. The normalized spacial score (nSPS) is 13.2. The van der Waals surface area contributed by atoms with Crippen molar-refractivity contribution in [2.75, 3.05) is 6.54 Å². The number of alkyl halides is 3. The Morgan fingerprint density at radius 3 is 2.56 bits per heavy atom. The lowest BCUT2D eigenvalue weighted by Crippen LogP contribution is -2.31. The summed E-state index contributed by atoms with van der Waals surface area (Å²) in [6, 6.07) is 1.58. The summed E-state index contributed by atoms with van der Waals surface area (Å²) in [6.07, 6.45) is -5.52. The Balaban J connectivity index is 2.97. The van der Waals surface area contributed by atoms with Gasteiger partial charge >= 0.3 is 6.18 Å². The molecule has 0 saturated carbocycles. The minimum Gasteiger partial charge on any atom is -0.392 e. The van der Waals surface area contributed by atoms with Crippen molar-refractivity contribution >= 4 is 5.91 Å². The number of aliphatic hydroxyl groups is 1. The van der Waals surface area contributed by atoms with Crippen molar-refractivity contribution in [1.82, 2.24) is 5.32 Å². The van der Waals surface area contributed by atoms with Gasteiger partial charge in [-0.1, -0.05) is 0 Å². The SMILES string of the molecule is C[C@@H](O)CNC(=O)c1cc(C(F)(F)F)ccc1F. The molecule has 1 atom stereocenters. The summed E-state index contributed by atoms with van der Waals surface area (Å²) >= 11 is 0. The molecule has 0 aromatic heterocycles. The third-order valence-corrected chi connectivity index (χ3v) is 2.10. The van der Waals surface area contributed by atoms with E-state index in [1.807, 2.05) is 0 Å². The predicted octanol–water partition coefficient (Wildman–Crippen LogP) is 1.96. The molecule has 0 heterocycles. The molecule has 0 radical (unpaired) electrons. The molecule has 18 heavy (non-hydrogen) atoms. The fourth-order valence-electron chi connectivity index (χ4n) is 1.21. The maximum Gasteiger partial charge on any atom is 0.416 e. The molecule has 0 bridgehead atoms. The quantitative estimate of drug-likeness (QED) is 0.821. The van der Waals surface area contributed by atoms with Gasteiger partial charge in [0.1, 0.15) is 5.82 Å². The Bertz CT molecular complexity index is 443. The summed E-state index contributed by atoms with van der Waals surface area (Å²) < 4.78 is 50.4. The van der Waals surface area contributed by atoms with Crippen LogP contribution in [0, 0.1) is 5.82 Å². The molecule has 1 amide bonds. The smallest absolute Gasteiger partial charge is 0.392 e. The van der Waals surface area contributed by atoms with Crippen molar-refractivity contribution in [1.29, 1.82) is 0 Å². The number of halogens is 4. The number of amides is 1. The van der Waals surface area contributed by atoms with Crippen LogP contribution in [0.4, 0.5) is 17.6 Å². The molecule has 0 aliphatic heterocycles. The number of benzene rings is 1. The fourth-order valence-corrected chi connectivity index (χ4v) is 1.21. The molecular weight excluding hydrogens is 254 g/mol. The number of nitrogens with one attached hydrogen (secondary N) is 1. The van der Waals surface area contributed by atoms with Crippen molar-refractivity contribution in [3.63, 3.8) is 0 Å². The Labute approximate surface area is 100 Å². The molecule has 0 fully saturated rings. The van der Waals surface area contributed by atoms with Crippen LogP contribution in [0.1, 0.15) is 22.8 Å². The first-order valence-corrected chi connectivity index (χ1v) is 5.05. The van der Waals surface area contributed by atoms with E-state index in [9.17, 15) is 22.4 Å². The van der Waals surface area contributed by atoms with Crippen LogP contribution < -0.4 is 5.32 Å². The van der Waals surface area contributed by atoms with Gasteiger partial charge in [0.05, 0.1) is 17.2 Å². The summed E-state index contributed by atoms with van der Waals surface area (Å²) in [5.74, 6) is -2.05. The molecule has 2 N–H and O–H groups in total. The average Bonchev–Trinajstić information content (AvgIpc) is 2.24. The van der Waals surface area contributed by atoms with Crippen LogP contribution in [0.2, 0.25) is 0 Å². The maximum atomic E-state index is 13.2. The Morgan fingerprint density at radius 1 is 1.44 bits per heavy atom. The highest BCUT2D eigenvalue weighted by molar-refractivity contribution is 5.94. The predicted molar refractivity (Wildman–Crippen MR) is 55.4 cm³/mol. The molecule has 0 unspecified atom stereocenters. The Morgan fingerprint density at radius 2 is 2.06 bits per heavy atom. The van der Waals surface area contributed by atoms with Gasteiger partial charge in [-0.3, -0.25) is 4.79 Å². The van der Waals surface area contributed by atoms with E-state index >= 15 is 0 Å². The third-order valence-electron chi connectivity index (χ3n) is 2.10. The van der Waals surface area contributed by atoms with E-state index in [1.54, 1.807) is 0 Å². The number of aliphatic hydroxyl groups excluding tert-OH is 1. The van der Waals surface area contributed by atoms with Crippen molar-refractivity contribution in [3.8, 4) is 0 Å². The van der Waals surface area contributed by atoms with Crippen LogP contribution in [0.25, 0.3) is 0 Å². The van der Waals surface area contributed by atoms with Crippen LogP contribution in [0.3, 0.4) is 0 Å². The molecule has 1 aromatic carbocycles. The number of hydrogen-bond donors (Lipinski definition) is 2. The molecule has 0 spiro atoms. The summed E-state index contributed by atoms with van der Waals surface area (Å²) in [4.78, 5) is 11.4. The van der Waals surface area contributed by atoms with Gasteiger partial charge in [0, 0.05) is 6.54 Å². The second-order valence-electron chi connectivity index (χ2n) is 3.75. The van der Waals surface area contributed by atoms with Crippen molar-refractivity contribution in [2.45, 2.75) is 19.2 Å². The van der Waals surface area contributed by atoms with E-state index in [1.165, 1.54) is 6.92 Å². The molecule has 0 saturated heterocycles. The molecule has 0 aliphatic carbocycles. The minimum absolute atomic E-state index is 0.172. The molecule has 100 valence electrons.